The van der Waals surface area contributed by atoms with Gasteiger partial charge in [0, 0.05) is 17.0 Å². The number of aryl methyl sites for hydroxylation is 1. The van der Waals surface area contributed by atoms with Crippen molar-refractivity contribution >= 4 is 22.4 Å². The number of halogens is 2. The Balaban J connectivity index is 2.87. The number of hydrogen-bond acceptors (Lipinski definition) is 1. The molecule has 0 amide bonds. The summed E-state index contributed by atoms with van der Waals surface area (Å²) < 4.78 is 13.3. The molecule has 0 aliphatic heterocycles. The van der Waals surface area contributed by atoms with Crippen LogP contribution in [-0.4, -0.2) is 4.98 Å². The molecule has 0 atom stereocenters. The fourth-order valence-electron chi connectivity index (χ4n) is 1.28. The lowest BCUT2D eigenvalue weighted by molar-refractivity contribution is 0.634. The zero-order chi connectivity index (χ0) is 9.42. The highest BCUT2D eigenvalue weighted by molar-refractivity contribution is 6.30. The van der Waals surface area contributed by atoms with Crippen LogP contribution < -0.4 is 0 Å². The van der Waals surface area contributed by atoms with Gasteiger partial charge in [0.05, 0.1) is 0 Å². The molecule has 2 aromatic rings. The van der Waals surface area contributed by atoms with E-state index in [9.17, 15) is 4.39 Å². The van der Waals surface area contributed by atoms with Gasteiger partial charge >= 0.3 is 0 Å². The summed E-state index contributed by atoms with van der Waals surface area (Å²) in [6.45, 7) is 1.95. The summed E-state index contributed by atoms with van der Waals surface area (Å²) in [6.07, 6.45) is 1.58. The number of fused-ring (bicyclic) bond motifs is 1. The molecule has 0 unspecified atom stereocenters. The minimum Gasteiger partial charge on any atom is -0.241 e. The first kappa shape index (κ1) is 8.45. The van der Waals surface area contributed by atoms with Gasteiger partial charge in [-0.2, -0.15) is 0 Å². The molecule has 0 bridgehead atoms. The Morgan fingerprint density at radius 1 is 1.38 bits per heavy atom. The van der Waals surface area contributed by atoms with E-state index in [4.69, 9.17) is 11.6 Å². The molecule has 0 N–H and O–H groups in total. The SMILES string of the molecule is Cc1ccc2c(F)c(Cl)ncc2c1. The van der Waals surface area contributed by atoms with Gasteiger partial charge in [0.1, 0.15) is 0 Å². The van der Waals surface area contributed by atoms with E-state index in [1.807, 2.05) is 19.1 Å². The number of hydrogen-bond donors (Lipinski definition) is 0. The minimum absolute atomic E-state index is 0.0728. The number of pyridine rings is 1. The molecule has 13 heavy (non-hydrogen) atoms. The molecule has 1 heterocycles. The predicted octanol–water partition coefficient (Wildman–Crippen LogP) is 3.34. The van der Waals surface area contributed by atoms with Crippen molar-refractivity contribution in [2.24, 2.45) is 0 Å². The van der Waals surface area contributed by atoms with Crippen molar-refractivity contribution in [1.82, 2.24) is 4.98 Å². The van der Waals surface area contributed by atoms with E-state index in [2.05, 4.69) is 4.98 Å². The molecule has 0 aliphatic carbocycles. The molecule has 1 aromatic carbocycles. The highest BCUT2D eigenvalue weighted by atomic mass is 35.5. The fraction of sp³-hybridized carbons (Fsp3) is 0.100. The number of aromatic nitrogens is 1. The van der Waals surface area contributed by atoms with Gasteiger partial charge in [-0.25, -0.2) is 9.37 Å². The molecule has 0 fully saturated rings. The Kier molecular flexibility index (Phi) is 1.93. The summed E-state index contributed by atoms with van der Waals surface area (Å²) >= 11 is 5.54. The van der Waals surface area contributed by atoms with Gasteiger partial charge in [-0.05, 0) is 13.0 Å². The first-order chi connectivity index (χ1) is 6.18. The standard InChI is InChI=1S/C10H7ClFN/c1-6-2-3-8-7(4-6)5-13-10(11)9(8)12/h2-5H,1H3. The molecule has 0 radical (unpaired) electrons. The summed E-state index contributed by atoms with van der Waals surface area (Å²) in [7, 11) is 0. The molecular weight excluding hydrogens is 189 g/mol. The van der Waals surface area contributed by atoms with Crippen molar-refractivity contribution in [2.45, 2.75) is 6.92 Å². The van der Waals surface area contributed by atoms with E-state index in [1.54, 1.807) is 12.3 Å². The zero-order valence-corrected chi connectivity index (χ0v) is 7.77. The summed E-state index contributed by atoms with van der Waals surface area (Å²) in [5, 5.41) is 1.23. The summed E-state index contributed by atoms with van der Waals surface area (Å²) in [4.78, 5) is 3.74. The van der Waals surface area contributed by atoms with Crippen molar-refractivity contribution in [1.29, 1.82) is 0 Å². The molecule has 1 aromatic heterocycles. The quantitative estimate of drug-likeness (QED) is 0.588. The molecule has 0 aliphatic rings. The number of rotatable bonds is 0. The second-order valence-corrected chi connectivity index (χ2v) is 3.31. The van der Waals surface area contributed by atoms with E-state index in [0.717, 1.165) is 10.9 Å². The van der Waals surface area contributed by atoms with Gasteiger partial charge in [-0.15, -0.1) is 0 Å². The lowest BCUT2D eigenvalue weighted by Gasteiger charge is -2.01. The maximum Gasteiger partial charge on any atom is 0.168 e. The van der Waals surface area contributed by atoms with Crippen LogP contribution in [0.4, 0.5) is 4.39 Å². The average Bonchev–Trinajstić information content (AvgIpc) is 2.12. The van der Waals surface area contributed by atoms with Gasteiger partial charge in [0.15, 0.2) is 11.0 Å². The smallest absolute Gasteiger partial charge is 0.168 e. The summed E-state index contributed by atoms with van der Waals surface area (Å²) in [5.41, 5.74) is 1.08. The molecule has 0 spiro atoms. The van der Waals surface area contributed by atoms with E-state index < -0.39 is 5.82 Å². The highest BCUT2D eigenvalue weighted by Crippen LogP contribution is 2.22. The van der Waals surface area contributed by atoms with Gasteiger partial charge in [-0.1, -0.05) is 29.3 Å². The topological polar surface area (TPSA) is 12.9 Å². The maximum atomic E-state index is 13.3. The van der Waals surface area contributed by atoms with Crippen LogP contribution in [0, 0.1) is 12.7 Å². The van der Waals surface area contributed by atoms with E-state index in [0.29, 0.717) is 5.39 Å². The highest BCUT2D eigenvalue weighted by Gasteiger charge is 2.05. The van der Waals surface area contributed by atoms with Crippen LogP contribution in [0.15, 0.2) is 24.4 Å². The first-order valence-corrected chi connectivity index (χ1v) is 4.26. The van der Waals surface area contributed by atoms with E-state index in [-0.39, 0.29) is 5.15 Å². The van der Waals surface area contributed by atoms with E-state index in [1.165, 1.54) is 0 Å². The Morgan fingerprint density at radius 2 is 2.15 bits per heavy atom. The zero-order valence-electron chi connectivity index (χ0n) is 7.01. The Bertz CT molecular complexity index is 468. The van der Waals surface area contributed by atoms with Crippen molar-refractivity contribution in [2.75, 3.05) is 0 Å². The summed E-state index contributed by atoms with van der Waals surface area (Å²) in [5.74, 6) is -0.445. The Morgan fingerprint density at radius 3 is 2.92 bits per heavy atom. The molecule has 66 valence electrons. The van der Waals surface area contributed by atoms with Crippen LogP contribution in [0.25, 0.3) is 10.8 Å². The molecule has 0 saturated heterocycles. The third-order valence-corrected chi connectivity index (χ3v) is 2.21. The monoisotopic (exact) mass is 195 g/mol. The normalized spacial score (nSPS) is 10.7. The van der Waals surface area contributed by atoms with Gasteiger partial charge in [0.25, 0.3) is 0 Å². The molecule has 0 saturated carbocycles. The third-order valence-electron chi connectivity index (χ3n) is 1.94. The Hall–Kier alpha value is -1.15. The fourth-order valence-corrected chi connectivity index (χ4v) is 1.43. The van der Waals surface area contributed by atoms with Crippen LogP contribution in [-0.2, 0) is 0 Å². The lowest BCUT2D eigenvalue weighted by Crippen LogP contribution is -1.85. The Labute approximate surface area is 80.2 Å². The second kappa shape index (κ2) is 2.96. The first-order valence-electron chi connectivity index (χ1n) is 3.89. The third kappa shape index (κ3) is 1.38. The lowest BCUT2D eigenvalue weighted by atomic mass is 10.1. The van der Waals surface area contributed by atoms with Gasteiger partial charge in [0.2, 0.25) is 0 Å². The average molecular weight is 196 g/mol. The second-order valence-electron chi connectivity index (χ2n) is 2.95. The number of benzene rings is 1. The molecule has 3 heteroatoms. The van der Waals surface area contributed by atoms with Crippen LogP contribution in [0.1, 0.15) is 5.56 Å². The molecule has 1 nitrogen and oxygen atoms in total. The van der Waals surface area contributed by atoms with Gasteiger partial charge < -0.3 is 0 Å². The van der Waals surface area contributed by atoms with Crippen LogP contribution in [0.3, 0.4) is 0 Å². The van der Waals surface area contributed by atoms with E-state index >= 15 is 0 Å². The van der Waals surface area contributed by atoms with Crippen molar-refractivity contribution in [3.8, 4) is 0 Å². The maximum absolute atomic E-state index is 13.3. The van der Waals surface area contributed by atoms with Crippen molar-refractivity contribution in [3.05, 3.63) is 40.9 Å². The molecule has 2 rings (SSSR count). The van der Waals surface area contributed by atoms with Crippen LogP contribution >= 0.6 is 11.6 Å². The van der Waals surface area contributed by atoms with Crippen LogP contribution in [0.2, 0.25) is 5.15 Å². The van der Waals surface area contributed by atoms with Crippen molar-refractivity contribution in [3.63, 3.8) is 0 Å². The van der Waals surface area contributed by atoms with Crippen LogP contribution in [0.5, 0.6) is 0 Å². The number of nitrogens with zero attached hydrogens (tertiary/aromatic N) is 1. The largest absolute Gasteiger partial charge is 0.241 e. The van der Waals surface area contributed by atoms with Crippen molar-refractivity contribution < 1.29 is 4.39 Å². The predicted molar refractivity (Wildman–Crippen MR) is 51.4 cm³/mol. The van der Waals surface area contributed by atoms with Gasteiger partial charge in [-0.3, -0.25) is 0 Å². The minimum atomic E-state index is -0.445. The molecular formula is C10H7ClFN. The summed E-state index contributed by atoms with van der Waals surface area (Å²) in [6, 6.07) is 5.44.